The van der Waals surface area contributed by atoms with Gasteiger partial charge in [0.25, 0.3) is 0 Å². The number of esters is 2. The van der Waals surface area contributed by atoms with Crippen molar-refractivity contribution in [3.8, 4) is 0 Å². The maximum absolute atomic E-state index is 11.8. The van der Waals surface area contributed by atoms with Crippen LogP contribution < -0.4 is 0 Å². The van der Waals surface area contributed by atoms with E-state index in [1.165, 1.54) is 38.5 Å². The average Bonchev–Trinajstić information content (AvgIpc) is 2.61. The Labute approximate surface area is 167 Å². The van der Waals surface area contributed by atoms with Gasteiger partial charge in [-0.2, -0.15) is 0 Å². The number of rotatable bonds is 17. The molecule has 0 aromatic rings. The zero-order chi connectivity index (χ0) is 20.5. The third-order valence-electron chi connectivity index (χ3n) is 4.56. The monoisotopic (exact) mass is 384 g/mol. The van der Waals surface area contributed by atoms with Gasteiger partial charge in [0.15, 0.2) is 0 Å². The van der Waals surface area contributed by atoms with Crippen molar-refractivity contribution in [1.29, 1.82) is 0 Å². The molecule has 0 fully saturated rings. The normalized spacial score (nSPS) is 12.4. The van der Waals surface area contributed by atoms with Gasteiger partial charge in [0.2, 0.25) is 0 Å². The second kappa shape index (κ2) is 17.1. The number of carbonyl (C=O) groups is 2. The van der Waals surface area contributed by atoms with Crippen LogP contribution in [0.25, 0.3) is 0 Å². The zero-order valence-corrected chi connectivity index (χ0v) is 18.6. The number of unbranched alkanes of at least 4 members (excludes halogenated alkanes) is 8. The second-order valence-corrected chi connectivity index (χ2v) is 8.72. The molecule has 0 amide bonds. The first-order valence-electron chi connectivity index (χ1n) is 11.1. The molecule has 1 unspecified atom stereocenters. The third-order valence-corrected chi connectivity index (χ3v) is 4.56. The fraction of sp³-hybridized carbons (Fsp3) is 0.913. The topological polar surface area (TPSA) is 52.6 Å². The van der Waals surface area contributed by atoms with Crippen LogP contribution in [0.2, 0.25) is 0 Å². The summed E-state index contributed by atoms with van der Waals surface area (Å²) in [5.41, 5.74) is 0. The molecule has 0 radical (unpaired) electrons. The maximum atomic E-state index is 11.8. The molecule has 0 rings (SSSR count). The molecule has 0 aromatic heterocycles. The Kier molecular flexibility index (Phi) is 16.4. The summed E-state index contributed by atoms with van der Waals surface area (Å²) in [5, 5.41) is 0. The van der Waals surface area contributed by atoms with Gasteiger partial charge >= 0.3 is 11.9 Å². The van der Waals surface area contributed by atoms with Crippen LogP contribution in [0.3, 0.4) is 0 Å². The summed E-state index contributed by atoms with van der Waals surface area (Å²) >= 11 is 0. The van der Waals surface area contributed by atoms with Crippen LogP contribution in [0.5, 0.6) is 0 Å². The molecular formula is C23H44O4. The molecule has 1 atom stereocenters. The quantitative estimate of drug-likeness (QED) is 0.218. The summed E-state index contributed by atoms with van der Waals surface area (Å²) < 4.78 is 10.5. The van der Waals surface area contributed by atoms with E-state index in [1.54, 1.807) is 0 Å². The Morgan fingerprint density at radius 2 is 1.07 bits per heavy atom. The minimum absolute atomic E-state index is 0.0241. The van der Waals surface area contributed by atoms with Crippen LogP contribution in [0.15, 0.2) is 0 Å². The molecule has 0 aliphatic heterocycles. The number of ether oxygens (including phenoxy) is 2. The van der Waals surface area contributed by atoms with Crippen molar-refractivity contribution in [2.45, 2.75) is 105 Å². The summed E-state index contributed by atoms with van der Waals surface area (Å²) in [6.07, 6.45) is 12.1. The highest BCUT2D eigenvalue weighted by atomic mass is 16.5. The van der Waals surface area contributed by atoms with E-state index < -0.39 is 0 Å². The molecule has 27 heavy (non-hydrogen) atoms. The van der Waals surface area contributed by atoms with Crippen molar-refractivity contribution in [3.05, 3.63) is 0 Å². The van der Waals surface area contributed by atoms with Crippen LogP contribution >= 0.6 is 0 Å². The number of hydrogen-bond acceptors (Lipinski definition) is 4. The predicted octanol–water partition coefficient (Wildman–Crippen LogP) is 6.31. The standard InChI is InChI=1S/C23H44O4/c1-19(2)17-26-22(24)16-14-12-10-8-6-7-9-11-13-15-21(5)23(25)27-18-20(3)4/h19-21H,6-18H2,1-5H3. The van der Waals surface area contributed by atoms with E-state index in [-0.39, 0.29) is 17.9 Å². The first-order chi connectivity index (χ1) is 12.8. The van der Waals surface area contributed by atoms with Crippen molar-refractivity contribution in [2.24, 2.45) is 17.8 Å². The largest absolute Gasteiger partial charge is 0.465 e. The van der Waals surface area contributed by atoms with Gasteiger partial charge in [-0.05, 0) is 24.7 Å². The molecule has 0 spiro atoms. The lowest BCUT2D eigenvalue weighted by Crippen LogP contribution is -2.17. The van der Waals surface area contributed by atoms with Crippen LogP contribution in [0, 0.1) is 17.8 Å². The SMILES string of the molecule is CC(C)COC(=O)CCCCCCCCCCCC(C)C(=O)OCC(C)C. The van der Waals surface area contributed by atoms with Gasteiger partial charge in [-0.1, -0.05) is 86.0 Å². The van der Waals surface area contributed by atoms with E-state index in [2.05, 4.69) is 27.7 Å². The van der Waals surface area contributed by atoms with Gasteiger partial charge in [-0.25, -0.2) is 0 Å². The van der Waals surface area contributed by atoms with Crippen LogP contribution in [-0.2, 0) is 19.1 Å². The first kappa shape index (κ1) is 25.9. The Morgan fingerprint density at radius 1 is 0.630 bits per heavy atom. The fourth-order valence-electron chi connectivity index (χ4n) is 2.80. The highest BCUT2D eigenvalue weighted by Crippen LogP contribution is 2.15. The molecule has 0 aliphatic rings. The Bertz CT molecular complexity index is 377. The molecule has 0 bridgehead atoms. The average molecular weight is 385 g/mol. The summed E-state index contributed by atoms with van der Waals surface area (Å²) in [4.78, 5) is 23.3. The predicted molar refractivity (Wildman–Crippen MR) is 112 cm³/mol. The summed E-state index contributed by atoms with van der Waals surface area (Å²) in [5.74, 6) is 0.745. The number of hydrogen-bond donors (Lipinski definition) is 0. The highest BCUT2D eigenvalue weighted by molar-refractivity contribution is 5.71. The molecule has 4 nitrogen and oxygen atoms in total. The molecule has 0 heterocycles. The third kappa shape index (κ3) is 18.1. The van der Waals surface area contributed by atoms with Crippen molar-refractivity contribution < 1.29 is 19.1 Å². The minimum atomic E-state index is -0.0500. The maximum Gasteiger partial charge on any atom is 0.308 e. The van der Waals surface area contributed by atoms with Crippen LogP contribution in [-0.4, -0.2) is 25.2 Å². The Balaban J connectivity index is 3.35. The van der Waals surface area contributed by atoms with E-state index in [0.29, 0.717) is 31.5 Å². The van der Waals surface area contributed by atoms with E-state index >= 15 is 0 Å². The van der Waals surface area contributed by atoms with Gasteiger partial charge in [0.1, 0.15) is 0 Å². The van der Waals surface area contributed by atoms with E-state index in [9.17, 15) is 9.59 Å². The molecular weight excluding hydrogens is 340 g/mol. The van der Waals surface area contributed by atoms with Gasteiger partial charge in [-0.3, -0.25) is 9.59 Å². The smallest absolute Gasteiger partial charge is 0.308 e. The van der Waals surface area contributed by atoms with Crippen molar-refractivity contribution in [3.63, 3.8) is 0 Å². The van der Waals surface area contributed by atoms with Crippen molar-refractivity contribution >= 4 is 11.9 Å². The molecule has 0 N–H and O–H groups in total. The summed E-state index contributed by atoms with van der Waals surface area (Å²) in [6.45, 7) is 11.3. The van der Waals surface area contributed by atoms with Crippen molar-refractivity contribution in [2.75, 3.05) is 13.2 Å². The molecule has 0 aromatic carbocycles. The molecule has 4 heteroatoms. The van der Waals surface area contributed by atoms with Gasteiger partial charge < -0.3 is 9.47 Å². The number of carbonyl (C=O) groups excluding carboxylic acids is 2. The lowest BCUT2D eigenvalue weighted by molar-refractivity contribution is -0.149. The van der Waals surface area contributed by atoms with Gasteiger partial charge in [0, 0.05) is 6.42 Å². The molecule has 160 valence electrons. The van der Waals surface area contributed by atoms with Gasteiger partial charge in [-0.15, -0.1) is 0 Å². The first-order valence-corrected chi connectivity index (χ1v) is 11.1. The van der Waals surface area contributed by atoms with E-state index in [0.717, 1.165) is 25.7 Å². The second-order valence-electron chi connectivity index (χ2n) is 8.72. The molecule has 0 saturated heterocycles. The Hall–Kier alpha value is -1.06. The minimum Gasteiger partial charge on any atom is -0.465 e. The van der Waals surface area contributed by atoms with Crippen LogP contribution in [0.4, 0.5) is 0 Å². The lowest BCUT2D eigenvalue weighted by Gasteiger charge is -2.12. The summed E-state index contributed by atoms with van der Waals surface area (Å²) in [7, 11) is 0. The lowest BCUT2D eigenvalue weighted by atomic mass is 10.0. The zero-order valence-electron chi connectivity index (χ0n) is 18.6. The van der Waals surface area contributed by atoms with Crippen LogP contribution in [0.1, 0.15) is 105 Å². The molecule has 0 aliphatic carbocycles. The Morgan fingerprint density at radius 3 is 1.59 bits per heavy atom. The van der Waals surface area contributed by atoms with Gasteiger partial charge in [0.05, 0.1) is 19.1 Å². The van der Waals surface area contributed by atoms with Crippen molar-refractivity contribution in [1.82, 2.24) is 0 Å². The summed E-state index contributed by atoms with van der Waals surface area (Å²) in [6, 6.07) is 0. The van der Waals surface area contributed by atoms with E-state index in [4.69, 9.17) is 9.47 Å². The highest BCUT2D eigenvalue weighted by Gasteiger charge is 2.14. The molecule has 0 saturated carbocycles. The van der Waals surface area contributed by atoms with E-state index in [1.807, 2.05) is 6.92 Å². The fourth-order valence-corrected chi connectivity index (χ4v) is 2.80.